The van der Waals surface area contributed by atoms with Crippen molar-refractivity contribution in [1.82, 2.24) is 4.98 Å². The van der Waals surface area contributed by atoms with Crippen LogP contribution >= 0.6 is 0 Å². The van der Waals surface area contributed by atoms with Crippen molar-refractivity contribution in [2.45, 2.75) is 12.8 Å². The second-order valence-corrected chi connectivity index (χ2v) is 2.78. The van der Waals surface area contributed by atoms with E-state index >= 15 is 0 Å². The zero-order valence-corrected chi connectivity index (χ0v) is 7.38. The second-order valence-electron chi connectivity index (χ2n) is 2.78. The molecule has 1 rings (SSSR count). The maximum Gasteiger partial charge on any atom is 0.308 e. The van der Waals surface area contributed by atoms with E-state index in [0.29, 0.717) is 0 Å². The number of carboxylic acid groups (broad SMARTS) is 1. The third-order valence-corrected chi connectivity index (χ3v) is 1.68. The number of nitrogens with zero attached hydrogens (tertiary/aromatic N) is 1. The van der Waals surface area contributed by atoms with E-state index in [1.807, 2.05) is 0 Å². The Morgan fingerprint density at radius 2 is 2.20 bits per heavy atom. The predicted molar refractivity (Wildman–Crippen MR) is 44.9 cm³/mol. The number of rotatable bonds is 3. The number of anilines is 1. The van der Waals surface area contributed by atoms with Crippen molar-refractivity contribution >= 4 is 11.7 Å². The molecule has 0 spiro atoms. The average molecular weight is 220 g/mol. The highest BCUT2D eigenvalue weighted by atomic mass is 19.3. The van der Waals surface area contributed by atoms with Crippen LogP contribution in [0.4, 0.5) is 18.9 Å². The summed E-state index contributed by atoms with van der Waals surface area (Å²) in [5.74, 6) is -2.58. The first-order valence-electron chi connectivity index (χ1n) is 3.86. The molecule has 1 aromatic heterocycles. The van der Waals surface area contributed by atoms with Gasteiger partial charge in [-0.25, -0.2) is 13.8 Å². The Balaban J connectivity index is 3.15. The Morgan fingerprint density at radius 1 is 1.60 bits per heavy atom. The molecule has 0 aliphatic rings. The third kappa shape index (κ3) is 2.58. The molecule has 0 saturated heterocycles. The summed E-state index contributed by atoms with van der Waals surface area (Å²) in [7, 11) is 0. The Bertz CT molecular complexity index is 372. The van der Waals surface area contributed by atoms with Crippen LogP contribution in [0.3, 0.4) is 0 Å². The van der Waals surface area contributed by atoms with Crippen molar-refractivity contribution < 1.29 is 23.1 Å². The number of halogens is 3. The van der Waals surface area contributed by atoms with Crippen LogP contribution in [-0.2, 0) is 11.2 Å². The Hall–Kier alpha value is -1.79. The molecule has 0 aromatic carbocycles. The van der Waals surface area contributed by atoms with Crippen molar-refractivity contribution in [2.24, 2.45) is 0 Å². The smallest absolute Gasteiger partial charge is 0.308 e. The van der Waals surface area contributed by atoms with Gasteiger partial charge in [0.15, 0.2) is 0 Å². The molecule has 0 fully saturated rings. The molecule has 15 heavy (non-hydrogen) atoms. The highest BCUT2D eigenvalue weighted by Gasteiger charge is 2.17. The number of carboxylic acids is 1. The van der Waals surface area contributed by atoms with Gasteiger partial charge in [-0.05, 0) is 6.07 Å². The minimum Gasteiger partial charge on any atom is -0.481 e. The molecule has 0 saturated carbocycles. The molecule has 0 radical (unpaired) electrons. The number of aliphatic carboxylic acids is 1. The molecule has 0 bridgehead atoms. The molecule has 0 atom stereocenters. The number of pyridine rings is 1. The van der Waals surface area contributed by atoms with Gasteiger partial charge in [0, 0.05) is 11.3 Å². The molecular formula is C8H7F3N2O2. The number of hydrogen-bond acceptors (Lipinski definition) is 3. The number of nitrogen functional groups attached to an aromatic ring is 1. The van der Waals surface area contributed by atoms with Gasteiger partial charge in [0.2, 0.25) is 5.95 Å². The first kappa shape index (κ1) is 11.3. The lowest BCUT2D eigenvalue weighted by atomic mass is 10.1. The molecule has 0 unspecified atom stereocenters. The van der Waals surface area contributed by atoms with E-state index in [2.05, 4.69) is 4.98 Å². The zero-order chi connectivity index (χ0) is 11.6. The molecule has 4 nitrogen and oxygen atoms in total. The van der Waals surface area contributed by atoms with E-state index in [0.717, 1.165) is 6.07 Å². The highest BCUT2D eigenvalue weighted by Crippen LogP contribution is 2.23. The van der Waals surface area contributed by atoms with Crippen molar-refractivity contribution in [2.75, 3.05) is 5.73 Å². The van der Waals surface area contributed by atoms with Crippen LogP contribution in [0.25, 0.3) is 0 Å². The molecule has 0 aliphatic carbocycles. The van der Waals surface area contributed by atoms with E-state index in [1.165, 1.54) is 0 Å². The summed E-state index contributed by atoms with van der Waals surface area (Å²) in [5.41, 5.74) is 3.71. The lowest BCUT2D eigenvalue weighted by Gasteiger charge is -2.06. The van der Waals surface area contributed by atoms with Crippen molar-refractivity contribution in [1.29, 1.82) is 0 Å². The largest absolute Gasteiger partial charge is 0.481 e. The number of hydrogen-bond donors (Lipinski definition) is 2. The summed E-state index contributed by atoms with van der Waals surface area (Å²) in [6.07, 6.45) is -3.63. The van der Waals surface area contributed by atoms with Crippen molar-refractivity contribution in [3.63, 3.8) is 0 Å². The van der Waals surface area contributed by atoms with Gasteiger partial charge in [-0.3, -0.25) is 4.79 Å². The zero-order valence-electron chi connectivity index (χ0n) is 7.38. The summed E-state index contributed by atoms with van der Waals surface area (Å²) in [6.45, 7) is 0. The highest BCUT2D eigenvalue weighted by molar-refractivity contribution is 5.72. The van der Waals surface area contributed by atoms with Gasteiger partial charge in [-0.15, -0.1) is 0 Å². The maximum absolute atomic E-state index is 13.0. The minimum atomic E-state index is -2.94. The summed E-state index contributed by atoms with van der Waals surface area (Å²) in [5, 5.41) is 8.40. The fourth-order valence-electron chi connectivity index (χ4n) is 1.02. The van der Waals surface area contributed by atoms with Gasteiger partial charge in [0.25, 0.3) is 6.43 Å². The Kier molecular flexibility index (Phi) is 3.13. The van der Waals surface area contributed by atoms with E-state index < -0.39 is 30.5 Å². The molecule has 7 heteroatoms. The summed E-state index contributed by atoms with van der Waals surface area (Å²) >= 11 is 0. The third-order valence-electron chi connectivity index (χ3n) is 1.68. The maximum atomic E-state index is 13.0. The van der Waals surface area contributed by atoms with Crippen LogP contribution in [-0.4, -0.2) is 16.1 Å². The number of alkyl halides is 2. The van der Waals surface area contributed by atoms with Gasteiger partial charge in [-0.2, -0.15) is 4.39 Å². The van der Waals surface area contributed by atoms with E-state index in [-0.39, 0.29) is 11.3 Å². The summed E-state index contributed by atoms with van der Waals surface area (Å²) < 4.78 is 37.3. The first-order valence-corrected chi connectivity index (χ1v) is 3.86. The minimum absolute atomic E-state index is 0.333. The fraction of sp³-hybridized carbons (Fsp3) is 0.250. The standard InChI is InChI=1S/C8H7F3N2O2/c9-7(10)5-2-4(12)3(1-6(14)15)8(11)13-5/h2,7H,1H2,(H2,12,13)(H,14,15). The quantitative estimate of drug-likeness (QED) is 0.754. The molecular weight excluding hydrogens is 213 g/mol. The number of nitrogens with two attached hydrogens (primary N) is 1. The first-order chi connectivity index (χ1) is 6.91. The molecule has 1 heterocycles. The van der Waals surface area contributed by atoms with Crippen LogP contribution in [0, 0.1) is 5.95 Å². The van der Waals surface area contributed by atoms with E-state index in [4.69, 9.17) is 10.8 Å². The summed E-state index contributed by atoms with van der Waals surface area (Å²) in [6, 6.07) is 0.770. The lowest BCUT2D eigenvalue weighted by molar-refractivity contribution is -0.136. The summed E-state index contributed by atoms with van der Waals surface area (Å²) in [4.78, 5) is 13.2. The molecule has 3 N–H and O–H groups in total. The van der Waals surface area contributed by atoms with Gasteiger partial charge in [-0.1, -0.05) is 0 Å². The van der Waals surface area contributed by atoms with Gasteiger partial charge in [0.05, 0.1) is 6.42 Å². The monoisotopic (exact) mass is 220 g/mol. The lowest BCUT2D eigenvalue weighted by Crippen LogP contribution is -2.09. The van der Waals surface area contributed by atoms with Crippen LogP contribution in [0.5, 0.6) is 0 Å². The van der Waals surface area contributed by atoms with Crippen LogP contribution in [0.15, 0.2) is 6.07 Å². The Labute approximate surface area is 82.5 Å². The normalized spacial score (nSPS) is 10.7. The predicted octanol–water partition coefficient (Wildman–Crippen LogP) is 1.37. The topological polar surface area (TPSA) is 76.2 Å². The van der Waals surface area contributed by atoms with Crippen LogP contribution in [0.1, 0.15) is 17.7 Å². The van der Waals surface area contributed by atoms with Crippen molar-refractivity contribution in [3.05, 3.63) is 23.3 Å². The molecule has 1 aromatic rings. The van der Waals surface area contributed by atoms with E-state index in [9.17, 15) is 18.0 Å². The van der Waals surface area contributed by atoms with Gasteiger partial charge >= 0.3 is 5.97 Å². The number of carbonyl (C=O) groups is 1. The average Bonchev–Trinajstić information content (AvgIpc) is 2.10. The molecule has 82 valence electrons. The Morgan fingerprint density at radius 3 is 2.60 bits per heavy atom. The second kappa shape index (κ2) is 4.16. The van der Waals surface area contributed by atoms with Crippen molar-refractivity contribution in [3.8, 4) is 0 Å². The van der Waals surface area contributed by atoms with Crippen LogP contribution < -0.4 is 5.73 Å². The fourth-order valence-corrected chi connectivity index (χ4v) is 1.02. The SMILES string of the molecule is Nc1cc(C(F)F)nc(F)c1CC(=O)O. The molecule has 0 aliphatic heterocycles. The number of aromatic nitrogens is 1. The van der Waals surface area contributed by atoms with Crippen LogP contribution in [0.2, 0.25) is 0 Å². The van der Waals surface area contributed by atoms with E-state index in [1.54, 1.807) is 0 Å². The van der Waals surface area contributed by atoms with Gasteiger partial charge < -0.3 is 10.8 Å². The molecule has 0 amide bonds. The van der Waals surface area contributed by atoms with Gasteiger partial charge in [0.1, 0.15) is 5.69 Å².